The molecule has 1 aromatic heterocycles. The Labute approximate surface area is 139 Å². The van der Waals surface area contributed by atoms with Gasteiger partial charge in [-0.3, -0.25) is 0 Å². The summed E-state index contributed by atoms with van der Waals surface area (Å²) < 4.78 is 0. The van der Waals surface area contributed by atoms with E-state index in [0.717, 1.165) is 16.3 Å². The molecule has 0 aliphatic rings. The fourth-order valence-electron chi connectivity index (χ4n) is 2.01. The lowest BCUT2D eigenvalue weighted by Gasteiger charge is -2.10. The number of thiocarbonyl (C=S) groups is 1. The van der Waals surface area contributed by atoms with Gasteiger partial charge in [0, 0.05) is 29.4 Å². The van der Waals surface area contributed by atoms with Gasteiger partial charge in [0.1, 0.15) is 5.01 Å². The van der Waals surface area contributed by atoms with E-state index in [0.29, 0.717) is 11.7 Å². The highest BCUT2D eigenvalue weighted by molar-refractivity contribution is 7.80. The quantitative estimate of drug-likeness (QED) is 0.701. The molecule has 0 atom stereocenters. The van der Waals surface area contributed by atoms with E-state index < -0.39 is 0 Å². The molecule has 0 saturated heterocycles. The topological polar surface area (TPSA) is 37.0 Å². The summed E-state index contributed by atoms with van der Waals surface area (Å²) in [4.78, 5) is 4.31. The Morgan fingerprint density at radius 3 is 2.50 bits per heavy atom. The van der Waals surface area contributed by atoms with Crippen molar-refractivity contribution in [3.8, 4) is 10.6 Å². The number of rotatable bonds is 4. The standard InChI is InChI=1S/C17H15N3S2/c21-17(20-15-4-2-1-3-5-15)19-12-13-6-8-14(9-7-13)16-18-10-11-22-16/h1-11H,12H2,(H2,19,20,21). The number of thiazole rings is 1. The summed E-state index contributed by atoms with van der Waals surface area (Å²) in [6.07, 6.45) is 1.82. The first-order valence-electron chi connectivity index (χ1n) is 6.90. The summed E-state index contributed by atoms with van der Waals surface area (Å²) >= 11 is 6.94. The summed E-state index contributed by atoms with van der Waals surface area (Å²) in [6, 6.07) is 18.3. The molecule has 3 rings (SSSR count). The number of para-hydroxylation sites is 1. The molecule has 22 heavy (non-hydrogen) atoms. The first kappa shape index (κ1) is 14.7. The van der Waals surface area contributed by atoms with E-state index >= 15 is 0 Å². The maximum atomic E-state index is 5.30. The average molecular weight is 325 g/mol. The second-order valence-corrected chi connectivity index (χ2v) is 6.01. The van der Waals surface area contributed by atoms with Crippen molar-refractivity contribution in [1.82, 2.24) is 10.3 Å². The fourth-order valence-corrected chi connectivity index (χ4v) is 2.84. The predicted octanol–water partition coefficient (Wildman–Crippen LogP) is 4.30. The number of aromatic nitrogens is 1. The lowest BCUT2D eigenvalue weighted by Crippen LogP contribution is -2.27. The number of nitrogens with one attached hydrogen (secondary N) is 2. The smallest absolute Gasteiger partial charge is 0.171 e. The minimum Gasteiger partial charge on any atom is -0.358 e. The van der Waals surface area contributed by atoms with Crippen LogP contribution >= 0.6 is 23.6 Å². The predicted molar refractivity (Wildman–Crippen MR) is 97.1 cm³/mol. The largest absolute Gasteiger partial charge is 0.358 e. The molecule has 2 N–H and O–H groups in total. The number of hydrogen-bond donors (Lipinski definition) is 2. The number of benzene rings is 2. The maximum absolute atomic E-state index is 5.30. The van der Waals surface area contributed by atoms with Crippen molar-refractivity contribution >= 4 is 34.4 Å². The van der Waals surface area contributed by atoms with Crippen LogP contribution in [0.1, 0.15) is 5.56 Å². The molecule has 5 heteroatoms. The van der Waals surface area contributed by atoms with Crippen LogP contribution in [0.2, 0.25) is 0 Å². The van der Waals surface area contributed by atoms with Gasteiger partial charge in [-0.25, -0.2) is 4.98 Å². The van der Waals surface area contributed by atoms with Gasteiger partial charge in [0.25, 0.3) is 0 Å². The van der Waals surface area contributed by atoms with Gasteiger partial charge in [-0.2, -0.15) is 0 Å². The first-order valence-corrected chi connectivity index (χ1v) is 8.19. The normalized spacial score (nSPS) is 10.2. The third kappa shape index (κ3) is 3.90. The molecule has 0 aliphatic heterocycles. The van der Waals surface area contributed by atoms with Gasteiger partial charge < -0.3 is 10.6 Å². The summed E-state index contributed by atoms with van der Waals surface area (Å²) in [6.45, 7) is 0.691. The Morgan fingerprint density at radius 1 is 1.05 bits per heavy atom. The van der Waals surface area contributed by atoms with Gasteiger partial charge >= 0.3 is 0 Å². The van der Waals surface area contributed by atoms with Gasteiger partial charge in [0.2, 0.25) is 0 Å². The number of hydrogen-bond acceptors (Lipinski definition) is 3. The Morgan fingerprint density at radius 2 is 1.82 bits per heavy atom. The second-order valence-electron chi connectivity index (χ2n) is 4.71. The molecular formula is C17H15N3S2. The van der Waals surface area contributed by atoms with Crippen LogP contribution in [0.3, 0.4) is 0 Å². The van der Waals surface area contributed by atoms with E-state index in [1.807, 2.05) is 41.9 Å². The third-order valence-electron chi connectivity index (χ3n) is 3.12. The summed E-state index contributed by atoms with van der Waals surface area (Å²) in [5, 5.41) is 10.0. The molecule has 0 aliphatic carbocycles. The van der Waals surface area contributed by atoms with E-state index in [-0.39, 0.29) is 0 Å². The average Bonchev–Trinajstić information content (AvgIpc) is 3.09. The van der Waals surface area contributed by atoms with Crippen LogP contribution in [-0.4, -0.2) is 10.1 Å². The zero-order valence-corrected chi connectivity index (χ0v) is 13.5. The highest BCUT2D eigenvalue weighted by Gasteiger charge is 2.01. The van der Waals surface area contributed by atoms with Crippen LogP contribution in [0, 0.1) is 0 Å². The third-order valence-corrected chi connectivity index (χ3v) is 4.19. The zero-order valence-electron chi connectivity index (χ0n) is 11.8. The Bertz CT molecular complexity index is 722. The monoisotopic (exact) mass is 325 g/mol. The number of nitrogens with zero attached hydrogens (tertiary/aromatic N) is 1. The van der Waals surface area contributed by atoms with Crippen molar-refractivity contribution in [3.05, 3.63) is 71.7 Å². The highest BCUT2D eigenvalue weighted by Crippen LogP contribution is 2.21. The van der Waals surface area contributed by atoms with Crippen molar-refractivity contribution in [2.75, 3.05) is 5.32 Å². The van der Waals surface area contributed by atoms with Crippen molar-refractivity contribution < 1.29 is 0 Å². The maximum Gasteiger partial charge on any atom is 0.171 e. The molecule has 110 valence electrons. The van der Waals surface area contributed by atoms with E-state index in [2.05, 4.69) is 39.9 Å². The zero-order chi connectivity index (χ0) is 15.2. The molecule has 0 spiro atoms. The van der Waals surface area contributed by atoms with Crippen molar-refractivity contribution in [3.63, 3.8) is 0 Å². The minimum absolute atomic E-state index is 0.621. The summed E-state index contributed by atoms with van der Waals surface area (Å²) in [7, 11) is 0. The van der Waals surface area contributed by atoms with Crippen molar-refractivity contribution in [2.24, 2.45) is 0 Å². The summed E-state index contributed by atoms with van der Waals surface area (Å²) in [5.41, 5.74) is 3.31. The molecule has 0 fully saturated rings. The van der Waals surface area contributed by atoms with Crippen LogP contribution in [0.25, 0.3) is 10.6 Å². The molecule has 0 amide bonds. The van der Waals surface area contributed by atoms with Crippen LogP contribution in [0.15, 0.2) is 66.2 Å². The second kappa shape index (κ2) is 7.15. The van der Waals surface area contributed by atoms with E-state index in [1.165, 1.54) is 5.56 Å². The van der Waals surface area contributed by atoms with E-state index in [1.54, 1.807) is 11.3 Å². The van der Waals surface area contributed by atoms with Gasteiger partial charge in [0.05, 0.1) is 0 Å². The molecule has 3 aromatic rings. The summed E-state index contributed by atoms with van der Waals surface area (Å²) in [5.74, 6) is 0. The van der Waals surface area contributed by atoms with Crippen LogP contribution < -0.4 is 10.6 Å². The Hall–Kier alpha value is -2.24. The molecular weight excluding hydrogens is 310 g/mol. The van der Waals surface area contributed by atoms with Crippen molar-refractivity contribution in [2.45, 2.75) is 6.54 Å². The lowest BCUT2D eigenvalue weighted by atomic mass is 10.1. The van der Waals surface area contributed by atoms with E-state index in [9.17, 15) is 0 Å². The molecule has 0 bridgehead atoms. The molecule has 0 unspecified atom stereocenters. The molecule has 0 radical (unpaired) electrons. The van der Waals surface area contributed by atoms with E-state index in [4.69, 9.17) is 12.2 Å². The van der Waals surface area contributed by atoms with Gasteiger partial charge in [-0.1, -0.05) is 42.5 Å². The van der Waals surface area contributed by atoms with Crippen molar-refractivity contribution in [1.29, 1.82) is 0 Å². The highest BCUT2D eigenvalue weighted by atomic mass is 32.1. The molecule has 0 saturated carbocycles. The van der Waals surface area contributed by atoms with Gasteiger partial charge in [0.15, 0.2) is 5.11 Å². The Balaban J connectivity index is 1.54. The Kier molecular flexibility index (Phi) is 4.78. The fraction of sp³-hybridized carbons (Fsp3) is 0.0588. The molecule has 2 aromatic carbocycles. The SMILES string of the molecule is S=C(NCc1ccc(-c2nccs2)cc1)Nc1ccccc1. The molecule has 1 heterocycles. The van der Waals surface area contributed by atoms with Gasteiger partial charge in [-0.15, -0.1) is 11.3 Å². The van der Waals surface area contributed by atoms with Gasteiger partial charge in [-0.05, 0) is 29.9 Å². The minimum atomic E-state index is 0.621. The van der Waals surface area contributed by atoms with Crippen LogP contribution in [0.5, 0.6) is 0 Å². The van der Waals surface area contributed by atoms with Crippen LogP contribution in [-0.2, 0) is 6.54 Å². The molecule has 3 nitrogen and oxygen atoms in total. The van der Waals surface area contributed by atoms with Crippen LogP contribution in [0.4, 0.5) is 5.69 Å². The lowest BCUT2D eigenvalue weighted by molar-refractivity contribution is 0.926. The number of anilines is 1. The first-order chi connectivity index (χ1) is 10.8.